The van der Waals surface area contributed by atoms with E-state index in [1.54, 1.807) is 36.1 Å². The molecule has 0 fully saturated rings. The van der Waals surface area contributed by atoms with Gasteiger partial charge in [-0.2, -0.15) is 4.98 Å². The molecule has 0 aliphatic rings. The Balaban J connectivity index is 1.70. The van der Waals surface area contributed by atoms with Gasteiger partial charge in [-0.05, 0) is 49.4 Å². The Kier molecular flexibility index (Phi) is 6.12. The fourth-order valence-corrected chi connectivity index (χ4v) is 3.17. The molecule has 0 aliphatic heterocycles. The zero-order valence-electron chi connectivity index (χ0n) is 17.6. The highest BCUT2D eigenvalue weighted by Crippen LogP contribution is 2.27. The first kappa shape index (κ1) is 21.0. The van der Waals surface area contributed by atoms with Crippen molar-refractivity contribution in [1.82, 2.24) is 14.8 Å². The van der Waals surface area contributed by atoms with Gasteiger partial charge in [0.15, 0.2) is 5.82 Å². The van der Waals surface area contributed by atoms with Crippen LogP contribution in [-0.4, -0.2) is 34.4 Å². The molecule has 3 aromatic carbocycles. The molecule has 1 N–H and O–H groups in total. The van der Waals surface area contributed by atoms with Crippen LogP contribution in [0.4, 0.5) is 10.1 Å². The Morgan fingerprint density at radius 2 is 1.88 bits per heavy atom. The van der Waals surface area contributed by atoms with Crippen molar-refractivity contribution in [1.29, 1.82) is 0 Å². The van der Waals surface area contributed by atoms with Crippen molar-refractivity contribution in [2.75, 3.05) is 19.0 Å². The van der Waals surface area contributed by atoms with Crippen LogP contribution < -0.4 is 14.8 Å². The molecule has 0 saturated heterocycles. The maximum absolute atomic E-state index is 14.0. The highest BCUT2D eigenvalue weighted by atomic mass is 19.1. The molecule has 0 atom stereocenters. The van der Waals surface area contributed by atoms with Crippen LogP contribution in [-0.2, 0) is 0 Å². The number of hydrogen-bond donors (Lipinski definition) is 1. The van der Waals surface area contributed by atoms with Crippen LogP contribution in [0.5, 0.6) is 11.8 Å². The predicted octanol–water partition coefficient (Wildman–Crippen LogP) is 4.73. The van der Waals surface area contributed by atoms with Crippen LogP contribution in [0.3, 0.4) is 0 Å². The van der Waals surface area contributed by atoms with E-state index in [-0.39, 0.29) is 11.6 Å². The third kappa shape index (κ3) is 4.44. The van der Waals surface area contributed by atoms with Gasteiger partial charge in [0, 0.05) is 11.3 Å². The van der Waals surface area contributed by atoms with Crippen LogP contribution in [0.2, 0.25) is 0 Å². The van der Waals surface area contributed by atoms with Crippen molar-refractivity contribution in [2.24, 2.45) is 0 Å². The SMILES string of the molecule is CCOc1nc(-c2cccc(OC)c2)n(-c2cccc(NC(=O)c3ccccc3F)c2)n1. The molecule has 0 aliphatic carbocycles. The highest BCUT2D eigenvalue weighted by molar-refractivity contribution is 6.04. The van der Waals surface area contributed by atoms with Gasteiger partial charge < -0.3 is 14.8 Å². The number of benzene rings is 3. The number of carbonyl (C=O) groups excluding carboxylic acids is 1. The van der Waals surface area contributed by atoms with E-state index in [9.17, 15) is 9.18 Å². The normalized spacial score (nSPS) is 10.6. The predicted molar refractivity (Wildman–Crippen MR) is 119 cm³/mol. The average molecular weight is 432 g/mol. The standard InChI is InChI=1S/C24H21FN4O3/c1-3-32-24-27-22(16-8-6-11-19(14-16)31-2)29(28-24)18-10-7-9-17(15-18)26-23(30)20-12-4-5-13-21(20)25/h4-15H,3H2,1-2H3,(H,26,30). The Hall–Kier alpha value is -4.20. The molecule has 162 valence electrons. The molecule has 0 spiro atoms. The molecular weight excluding hydrogens is 411 g/mol. The molecule has 8 heteroatoms. The first-order valence-electron chi connectivity index (χ1n) is 9.99. The zero-order chi connectivity index (χ0) is 22.5. The highest BCUT2D eigenvalue weighted by Gasteiger charge is 2.16. The van der Waals surface area contributed by atoms with E-state index >= 15 is 0 Å². The van der Waals surface area contributed by atoms with Gasteiger partial charge in [-0.1, -0.05) is 30.3 Å². The molecule has 7 nitrogen and oxygen atoms in total. The molecule has 0 saturated carbocycles. The Morgan fingerprint density at radius 1 is 1.06 bits per heavy atom. The summed E-state index contributed by atoms with van der Waals surface area (Å²) in [5.74, 6) is 0.104. The Morgan fingerprint density at radius 3 is 2.66 bits per heavy atom. The molecule has 0 radical (unpaired) electrons. The summed E-state index contributed by atoms with van der Waals surface area (Å²) in [4.78, 5) is 17.0. The van der Waals surface area contributed by atoms with E-state index in [4.69, 9.17) is 9.47 Å². The number of ether oxygens (including phenoxy) is 2. The molecule has 4 rings (SSSR count). The fraction of sp³-hybridized carbons (Fsp3) is 0.125. The second-order valence-corrected chi connectivity index (χ2v) is 6.78. The second kappa shape index (κ2) is 9.30. The summed E-state index contributed by atoms with van der Waals surface area (Å²) >= 11 is 0. The number of methoxy groups -OCH3 is 1. The van der Waals surface area contributed by atoms with Crippen molar-refractivity contribution in [2.45, 2.75) is 6.92 Å². The van der Waals surface area contributed by atoms with Gasteiger partial charge in [0.05, 0.1) is 25.0 Å². The molecule has 0 unspecified atom stereocenters. The van der Waals surface area contributed by atoms with Gasteiger partial charge in [0.1, 0.15) is 11.6 Å². The molecule has 0 bridgehead atoms. The van der Waals surface area contributed by atoms with Crippen LogP contribution >= 0.6 is 0 Å². The number of nitrogens with zero attached hydrogens (tertiary/aromatic N) is 3. The maximum Gasteiger partial charge on any atom is 0.336 e. The number of aromatic nitrogens is 3. The molecule has 32 heavy (non-hydrogen) atoms. The quantitative estimate of drug-likeness (QED) is 0.457. The van der Waals surface area contributed by atoms with Gasteiger partial charge in [0.25, 0.3) is 5.91 Å². The van der Waals surface area contributed by atoms with Gasteiger partial charge in [-0.25, -0.2) is 9.07 Å². The first-order valence-corrected chi connectivity index (χ1v) is 9.99. The van der Waals surface area contributed by atoms with E-state index in [2.05, 4.69) is 15.4 Å². The average Bonchev–Trinajstić information content (AvgIpc) is 3.24. The van der Waals surface area contributed by atoms with Crippen molar-refractivity contribution in [3.05, 3.63) is 84.2 Å². The molecule has 1 amide bonds. The number of nitrogens with one attached hydrogen (secondary N) is 1. The number of amides is 1. The summed E-state index contributed by atoms with van der Waals surface area (Å²) in [5.41, 5.74) is 1.88. The first-order chi connectivity index (χ1) is 15.6. The monoisotopic (exact) mass is 432 g/mol. The lowest BCUT2D eigenvalue weighted by Gasteiger charge is -2.10. The van der Waals surface area contributed by atoms with Gasteiger partial charge >= 0.3 is 6.01 Å². The van der Waals surface area contributed by atoms with E-state index in [0.717, 1.165) is 5.56 Å². The van der Waals surface area contributed by atoms with Crippen LogP contribution in [0.15, 0.2) is 72.8 Å². The van der Waals surface area contributed by atoms with Crippen molar-refractivity contribution < 1.29 is 18.7 Å². The third-order valence-corrected chi connectivity index (χ3v) is 4.66. The minimum atomic E-state index is -0.584. The molecule has 4 aromatic rings. The molecule has 1 aromatic heterocycles. The Labute approximate surface area is 184 Å². The lowest BCUT2D eigenvalue weighted by Crippen LogP contribution is -2.14. The molecular formula is C24H21FN4O3. The van der Waals surface area contributed by atoms with Gasteiger partial charge in [0.2, 0.25) is 0 Å². The van der Waals surface area contributed by atoms with Crippen LogP contribution in [0, 0.1) is 5.82 Å². The van der Waals surface area contributed by atoms with Crippen molar-refractivity contribution in [3.8, 4) is 28.8 Å². The largest absolute Gasteiger partial charge is 0.497 e. The smallest absolute Gasteiger partial charge is 0.336 e. The topological polar surface area (TPSA) is 78.3 Å². The van der Waals surface area contributed by atoms with E-state index < -0.39 is 11.7 Å². The molecule has 1 heterocycles. The lowest BCUT2D eigenvalue weighted by atomic mass is 10.2. The number of carbonyl (C=O) groups is 1. The minimum Gasteiger partial charge on any atom is -0.497 e. The third-order valence-electron chi connectivity index (χ3n) is 4.66. The van der Waals surface area contributed by atoms with Gasteiger partial charge in [-0.3, -0.25) is 4.79 Å². The Bertz CT molecular complexity index is 1260. The minimum absolute atomic E-state index is 0.0330. The fourth-order valence-electron chi connectivity index (χ4n) is 3.17. The number of halogens is 1. The summed E-state index contributed by atoms with van der Waals surface area (Å²) in [7, 11) is 1.59. The summed E-state index contributed by atoms with van der Waals surface area (Å²) < 4.78 is 26.4. The van der Waals surface area contributed by atoms with E-state index in [0.29, 0.717) is 29.6 Å². The summed E-state index contributed by atoms with van der Waals surface area (Å²) in [6.07, 6.45) is 0. The van der Waals surface area contributed by atoms with Gasteiger partial charge in [-0.15, -0.1) is 5.10 Å². The van der Waals surface area contributed by atoms with E-state index in [1.807, 2.05) is 37.3 Å². The summed E-state index contributed by atoms with van der Waals surface area (Å²) in [6, 6.07) is 20.5. The van der Waals surface area contributed by atoms with Crippen molar-refractivity contribution in [3.63, 3.8) is 0 Å². The number of rotatable bonds is 7. The maximum atomic E-state index is 14.0. The number of hydrogen-bond acceptors (Lipinski definition) is 5. The second-order valence-electron chi connectivity index (χ2n) is 6.78. The van der Waals surface area contributed by atoms with Crippen LogP contribution in [0.25, 0.3) is 17.1 Å². The number of anilines is 1. The lowest BCUT2D eigenvalue weighted by molar-refractivity contribution is 0.102. The summed E-state index contributed by atoms with van der Waals surface area (Å²) in [6.45, 7) is 2.27. The van der Waals surface area contributed by atoms with E-state index in [1.165, 1.54) is 18.2 Å². The summed E-state index contributed by atoms with van der Waals surface area (Å²) in [5, 5.41) is 7.19. The zero-order valence-corrected chi connectivity index (χ0v) is 17.6. The van der Waals surface area contributed by atoms with Crippen molar-refractivity contribution >= 4 is 11.6 Å². The van der Waals surface area contributed by atoms with Crippen LogP contribution in [0.1, 0.15) is 17.3 Å².